The zero-order valence-electron chi connectivity index (χ0n) is 12.4. The Kier molecular flexibility index (Phi) is 6.95. The van der Waals surface area contributed by atoms with Crippen LogP contribution in [0.5, 0.6) is 0 Å². The second kappa shape index (κ2) is 9.36. The van der Waals surface area contributed by atoms with E-state index in [0.29, 0.717) is 0 Å². The van der Waals surface area contributed by atoms with E-state index in [2.05, 4.69) is 48.5 Å². The fraction of sp³-hybridized carbons (Fsp3) is 0.400. The molecule has 0 atom stereocenters. The molecule has 0 amide bonds. The van der Waals surface area contributed by atoms with Crippen LogP contribution in [0.1, 0.15) is 51.4 Å². The molecule has 20 heavy (non-hydrogen) atoms. The van der Waals surface area contributed by atoms with Gasteiger partial charge in [-0.1, -0.05) is 112 Å². The summed E-state index contributed by atoms with van der Waals surface area (Å²) in [4.78, 5) is 0. The summed E-state index contributed by atoms with van der Waals surface area (Å²) in [7, 11) is 0. The number of hydrogen-bond donors (Lipinski definition) is 0. The average Bonchev–Trinajstić information content (AvgIpc) is 2.49. The van der Waals surface area contributed by atoms with Crippen molar-refractivity contribution >= 4 is 0 Å². The third-order valence-electron chi connectivity index (χ3n) is 3.88. The van der Waals surface area contributed by atoms with Crippen molar-refractivity contribution in [2.75, 3.05) is 0 Å². The Bertz CT molecular complexity index is 382. The minimum absolute atomic E-state index is 1.28. The highest BCUT2D eigenvalue weighted by Crippen LogP contribution is 2.17. The Balaban J connectivity index is 0.000000160. The van der Waals surface area contributed by atoms with Crippen molar-refractivity contribution in [3.8, 4) is 11.1 Å². The average molecular weight is 266 g/mol. The van der Waals surface area contributed by atoms with Gasteiger partial charge in [0.05, 0.1) is 0 Å². The molecule has 1 aliphatic carbocycles. The molecule has 0 heterocycles. The van der Waals surface area contributed by atoms with Gasteiger partial charge in [0.15, 0.2) is 0 Å². The molecule has 3 rings (SSSR count). The van der Waals surface area contributed by atoms with Gasteiger partial charge in [-0.25, -0.2) is 0 Å². The molecule has 1 saturated carbocycles. The van der Waals surface area contributed by atoms with Gasteiger partial charge in [-0.2, -0.15) is 0 Å². The second-order valence-corrected chi connectivity index (χ2v) is 5.56. The quantitative estimate of drug-likeness (QED) is 0.554. The maximum atomic E-state index is 2.12. The molecule has 106 valence electrons. The fourth-order valence-electron chi connectivity index (χ4n) is 2.68. The van der Waals surface area contributed by atoms with E-state index in [0.717, 1.165) is 0 Å². The van der Waals surface area contributed by atoms with E-state index in [1.807, 2.05) is 12.1 Å². The highest BCUT2D eigenvalue weighted by atomic mass is 14.0. The van der Waals surface area contributed by atoms with Crippen molar-refractivity contribution < 1.29 is 0 Å². The van der Waals surface area contributed by atoms with Crippen molar-refractivity contribution in [3.05, 3.63) is 60.7 Å². The van der Waals surface area contributed by atoms with Crippen LogP contribution in [0.4, 0.5) is 0 Å². The maximum absolute atomic E-state index is 2.12. The molecule has 2 aromatic carbocycles. The van der Waals surface area contributed by atoms with Gasteiger partial charge in [0.1, 0.15) is 0 Å². The summed E-state index contributed by atoms with van der Waals surface area (Å²) in [5.41, 5.74) is 2.55. The van der Waals surface area contributed by atoms with E-state index in [4.69, 9.17) is 0 Å². The lowest BCUT2D eigenvalue weighted by molar-refractivity contribution is 0.504. The van der Waals surface area contributed by atoms with Crippen LogP contribution in [0, 0.1) is 0 Å². The van der Waals surface area contributed by atoms with Crippen LogP contribution < -0.4 is 0 Å². The topological polar surface area (TPSA) is 0 Å². The first-order valence-corrected chi connectivity index (χ1v) is 8.07. The highest BCUT2D eigenvalue weighted by Gasteiger charge is 1.95. The van der Waals surface area contributed by atoms with Crippen LogP contribution >= 0.6 is 0 Å². The first-order valence-electron chi connectivity index (χ1n) is 8.07. The second-order valence-electron chi connectivity index (χ2n) is 5.56. The molecule has 2 aromatic rings. The summed E-state index contributed by atoms with van der Waals surface area (Å²) in [6.07, 6.45) is 12.0. The third kappa shape index (κ3) is 5.61. The molecule has 0 saturated heterocycles. The van der Waals surface area contributed by atoms with E-state index in [-0.39, 0.29) is 0 Å². The highest BCUT2D eigenvalue weighted by molar-refractivity contribution is 5.62. The molecule has 0 radical (unpaired) electrons. The Hall–Kier alpha value is -1.56. The molecule has 0 aliphatic heterocycles. The lowest BCUT2D eigenvalue weighted by atomic mass is 10.0. The monoisotopic (exact) mass is 266 g/mol. The summed E-state index contributed by atoms with van der Waals surface area (Å²) < 4.78 is 0. The number of benzene rings is 2. The molecule has 1 aliphatic rings. The molecule has 0 heteroatoms. The molecule has 0 N–H and O–H groups in total. The Morgan fingerprint density at radius 3 is 0.850 bits per heavy atom. The van der Waals surface area contributed by atoms with Crippen LogP contribution in [-0.2, 0) is 0 Å². The fourth-order valence-corrected chi connectivity index (χ4v) is 2.68. The zero-order chi connectivity index (χ0) is 13.9. The largest absolute Gasteiger partial charge is 0.0622 e. The van der Waals surface area contributed by atoms with Crippen LogP contribution in [0.3, 0.4) is 0 Å². The summed E-state index contributed by atoms with van der Waals surface area (Å²) in [6, 6.07) is 20.8. The van der Waals surface area contributed by atoms with Crippen molar-refractivity contribution in [3.63, 3.8) is 0 Å². The molecule has 0 spiro atoms. The zero-order valence-corrected chi connectivity index (χ0v) is 12.4. The predicted molar refractivity (Wildman–Crippen MR) is 88.8 cm³/mol. The Morgan fingerprint density at radius 2 is 0.600 bits per heavy atom. The van der Waals surface area contributed by atoms with Gasteiger partial charge < -0.3 is 0 Å². The van der Waals surface area contributed by atoms with E-state index < -0.39 is 0 Å². The number of rotatable bonds is 1. The molecule has 0 bridgehead atoms. The standard InChI is InChI=1S/C12H10.C8H16/c1-3-7-11(8-4-1)12-9-5-2-6-10-12;1-2-4-6-8-7-5-3-1/h1-10H;1-8H2. The molecule has 0 aromatic heterocycles. The normalized spacial score (nSPS) is 15.4. The predicted octanol–water partition coefficient (Wildman–Crippen LogP) is 6.47. The first kappa shape index (κ1) is 14.8. The minimum Gasteiger partial charge on any atom is -0.0622 e. The maximum Gasteiger partial charge on any atom is -0.0184 e. The SMILES string of the molecule is C1CCCCCCC1.c1ccc(-c2ccccc2)cc1. The summed E-state index contributed by atoms with van der Waals surface area (Å²) in [6.45, 7) is 0. The van der Waals surface area contributed by atoms with E-state index in [9.17, 15) is 0 Å². The molecular weight excluding hydrogens is 240 g/mol. The van der Waals surface area contributed by atoms with Crippen LogP contribution in [0.2, 0.25) is 0 Å². The lowest BCUT2D eigenvalue weighted by Crippen LogP contribution is -1.85. The van der Waals surface area contributed by atoms with Gasteiger partial charge in [-0.3, -0.25) is 0 Å². The van der Waals surface area contributed by atoms with E-state index in [1.165, 1.54) is 62.5 Å². The van der Waals surface area contributed by atoms with Crippen molar-refractivity contribution in [2.45, 2.75) is 51.4 Å². The van der Waals surface area contributed by atoms with Crippen molar-refractivity contribution in [2.24, 2.45) is 0 Å². The van der Waals surface area contributed by atoms with Gasteiger partial charge in [-0.15, -0.1) is 0 Å². The number of hydrogen-bond acceptors (Lipinski definition) is 0. The summed E-state index contributed by atoms with van der Waals surface area (Å²) in [5, 5.41) is 0. The first-order chi connectivity index (χ1) is 9.97. The van der Waals surface area contributed by atoms with Crippen molar-refractivity contribution in [1.82, 2.24) is 0 Å². The van der Waals surface area contributed by atoms with Crippen molar-refractivity contribution in [1.29, 1.82) is 0 Å². The Morgan fingerprint density at radius 1 is 0.350 bits per heavy atom. The molecule has 0 unspecified atom stereocenters. The van der Waals surface area contributed by atoms with Gasteiger partial charge in [0.25, 0.3) is 0 Å². The van der Waals surface area contributed by atoms with Gasteiger partial charge in [0, 0.05) is 0 Å². The molecule has 1 fully saturated rings. The lowest BCUT2D eigenvalue weighted by Gasteiger charge is -2.05. The molecular formula is C20H26. The Labute approximate surface area is 123 Å². The van der Waals surface area contributed by atoms with Crippen LogP contribution in [0.25, 0.3) is 11.1 Å². The summed E-state index contributed by atoms with van der Waals surface area (Å²) in [5.74, 6) is 0. The van der Waals surface area contributed by atoms with Gasteiger partial charge in [-0.05, 0) is 11.1 Å². The molecule has 0 nitrogen and oxygen atoms in total. The summed E-state index contributed by atoms with van der Waals surface area (Å²) >= 11 is 0. The van der Waals surface area contributed by atoms with Crippen LogP contribution in [-0.4, -0.2) is 0 Å². The third-order valence-corrected chi connectivity index (χ3v) is 3.88. The van der Waals surface area contributed by atoms with Gasteiger partial charge >= 0.3 is 0 Å². The van der Waals surface area contributed by atoms with E-state index >= 15 is 0 Å². The van der Waals surface area contributed by atoms with E-state index in [1.54, 1.807) is 0 Å². The van der Waals surface area contributed by atoms with Crippen LogP contribution in [0.15, 0.2) is 60.7 Å². The minimum atomic E-state index is 1.28. The van der Waals surface area contributed by atoms with Gasteiger partial charge in [0.2, 0.25) is 0 Å². The smallest absolute Gasteiger partial charge is 0.0184 e.